The lowest BCUT2D eigenvalue weighted by Crippen LogP contribution is -2.21. The Bertz CT molecular complexity index is 976. The summed E-state index contributed by atoms with van der Waals surface area (Å²) >= 11 is 0. The molecule has 0 fully saturated rings. The van der Waals surface area contributed by atoms with Crippen molar-refractivity contribution in [1.82, 2.24) is 5.43 Å². The number of rotatable bonds is 6. The Kier molecular flexibility index (Phi) is 5.94. The Morgan fingerprint density at radius 2 is 1.48 bits per heavy atom. The van der Waals surface area contributed by atoms with Crippen LogP contribution in [0.5, 0.6) is 0 Å². The molecule has 3 rings (SSSR count). The van der Waals surface area contributed by atoms with E-state index >= 15 is 0 Å². The van der Waals surface area contributed by atoms with Crippen molar-refractivity contribution in [2.24, 2.45) is 5.10 Å². The molecule has 0 aliphatic rings. The molecule has 0 atom stereocenters. The molecule has 0 unspecified atom stereocenters. The van der Waals surface area contributed by atoms with E-state index in [0.29, 0.717) is 5.71 Å². The van der Waals surface area contributed by atoms with Gasteiger partial charge in [-0.25, -0.2) is 5.43 Å². The molecule has 0 spiro atoms. The molecule has 0 aliphatic heterocycles. The van der Waals surface area contributed by atoms with Crippen LogP contribution in [-0.4, -0.2) is 17.5 Å². The predicted octanol–water partition coefficient (Wildman–Crippen LogP) is 4.10. The summed E-state index contributed by atoms with van der Waals surface area (Å²) in [6.07, 6.45) is 0.164. The van der Waals surface area contributed by atoms with E-state index in [1.807, 2.05) is 79.7 Å². The van der Waals surface area contributed by atoms with E-state index in [2.05, 4.69) is 15.8 Å². The van der Waals surface area contributed by atoms with Gasteiger partial charge < -0.3 is 5.32 Å². The highest BCUT2D eigenvalue weighted by Crippen LogP contribution is 2.23. The molecule has 0 radical (unpaired) electrons. The number of nitrogens with zero attached hydrogens (tertiary/aromatic N) is 1. The van der Waals surface area contributed by atoms with Crippen LogP contribution in [0.4, 0.5) is 5.69 Å². The van der Waals surface area contributed by atoms with Gasteiger partial charge in [-0.2, -0.15) is 5.10 Å². The summed E-state index contributed by atoms with van der Waals surface area (Å²) < 4.78 is 0. The molecule has 5 nitrogen and oxygen atoms in total. The third kappa shape index (κ3) is 5.01. The van der Waals surface area contributed by atoms with Gasteiger partial charge >= 0.3 is 0 Å². The number of carbonyl (C=O) groups excluding carboxylic acids is 2. The minimum Gasteiger partial charge on any atom is -0.326 e. The molecule has 0 saturated heterocycles. The van der Waals surface area contributed by atoms with Crippen LogP contribution in [0.2, 0.25) is 0 Å². The topological polar surface area (TPSA) is 70.6 Å². The number of hydrazone groups is 1. The predicted molar refractivity (Wildman–Crippen MR) is 109 cm³/mol. The molecule has 3 aromatic carbocycles. The SMILES string of the molecule is C/C(=N\NC(=O)CCC(=O)Nc1cccc2ccccc12)c1ccccc1. The fourth-order valence-corrected chi connectivity index (χ4v) is 2.72. The van der Waals surface area contributed by atoms with Crippen molar-refractivity contribution in [3.8, 4) is 0 Å². The summed E-state index contributed by atoms with van der Waals surface area (Å²) in [7, 11) is 0. The molecule has 0 heterocycles. The molecule has 0 aliphatic carbocycles. The Morgan fingerprint density at radius 1 is 0.815 bits per heavy atom. The first-order valence-electron chi connectivity index (χ1n) is 8.79. The van der Waals surface area contributed by atoms with Crippen LogP contribution in [0, 0.1) is 0 Å². The zero-order valence-corrected chi connectivity index (χ0v) is 15.1. The molecule has 0 bridgehead atoms. The second-order valence-electron chi connectivity index (χ2n) is 6.17. The van der Waals surface area contributed by atoms with E-state index in [9.17, 15) is 9.59 Å². The van der Waals surface area contributed by atoms with Crippen LogP contribution >= 0.6 is 0 Å². The van der Waals surface area contributed by atoms with Gasteiger partial charge in [0.2, 0.25) is 11.8 Å². The van der Waals surface area contributed by atoms with E-state index in [4.69, 9.17) is 0 Å². The van der Waals surface area contributed by atoms with Crippen LogP contribution in [0.25, 0.3) is 10.8 Å². The van der Waals surface area contributed by atoms with Crippen molar-refractivity contribution in [3.05, 3.63) is 78.4 Å². The Balaban J connectivity index is 1.52. The Morgan fingerprint density at radius 3 is 2.30 bits per heavy atom. The van der Waals surface area contributed by atoms with Gasteiger partial charge in [0.25, 0.3) is 0 Å². The Hall–Kier alpha value is -3.47. The van der Waals surface area contributed by atoms with Gasteiger partial charge in [-0.15, -0.1) is 0 Å². The lowest BCUT2D eigenvalue weighted by molar-refractivity contribution is -0.124. The summed E-state index contributed by atoms with van der Waals surface area (Å²) in [5.74, 6) is -0.497. The molecule has 27 heavy (non-hydrogen) atoms. The van der Waals surface area contributed by atoms with Crippen molar-refractivity contribution in [2.45, 2.75) is 19.8 Å². The molecule has 136 valence electrons. The quantitative estimate of drug-likeness (QED) is 0.514. The third-order valence-electron chi connectivity index (χ3n) is 4.18. The van der Waals surface area contributed by atoms with Crippen molar-refractivity contribution in [2.75, 3.05) is 5.32 Å². The maximum absolute atomic E-state index is 12.2. The highest BCUT2D eigenvalue weighted by atomic mass is 16.2. The minimum absolute atomic E-state index is 0.0716. The van der Waals surface area contributed by atoms with Gasteiger partial charge in [0.15, 0.2) is 0 Å². The number of hydrogen-bond donors (Lipinski definition) is 2. The fraction of sp³-hybridized carbons (Fsp3) is 0.136. The lowest BCUT2D eigenvalue weighted by atomic mass is 10.1. The zero-order chi connectivity index (χ0) is 19.1. The molecule has 3 aromatic rings. The first kappa shape index (κ1) is 18.3. The monoisotopic (exact) mass is 359 g/mol. The average molecular weight is 359 g/mol. The van der Waals surface area contributed by atoms with Crippen LogP contribution in [0.1, 0.15) is 25.3 Å². The molecular weight excluding hydrogens is 338 g/mol. The maximum atomic E-state index is 12.2. The maximum Gasteiger partial charge on any atom is 0.240 e. The molecular formula is C22H21N3O2. The number of amides is 2. The summed E-state index contributed by atoms with van der Waals surface area (Å²) in [6, 6.07) is 23.2. The van der Waals surface area contributed by atoms with E-state index in [-0.39, 0.29) is 24.7 Å². The number of anilines is 1. The third-order valence-corrected chi connectivity index (χ3v) is 4.18. The normalized spacial score (nSPS) is 11.2. The van der Waals surface area contributed by atoms with Crippen LogP contribution < -0.4 is 10.7 Å². The fourth-order valence-electron chi connectivity index (χ4n) is 2.72. The summed E-state index contributed by atoms with van der Waals surface area (Å²) in [5, 5.41) is 8.99. The van der Waals surface area contributed by atoms with Gasteiger partial charge in [-0.05, 0) is 23.9 Å². The second-order valence-corrected chi connectivity index (χ2v) is 6.17. The smallest absolute Gasteiger partial charge is 0.240 e. The van der Waals surface area contributed by atoms with E-state index in [1.165, 1.54) is 0 Å². The van der Waals surface area contributed by atoms with Crippen molar-refractivity contribution < 1.29 is 9.59 Å². The van der Waals surface area contributed by atoms with Crippen LogP contribution in [0.15, 0.2) is 77.9 Å². The molecule has 5 heteroatoms. The van der Waals surface area contributed by atoms with Gasteiger partial charge in [0.1, 0.15) is 0 Å². The number of nitrogens with one attached hydrogen (secondary N) is 2. The van der Waals surface area contributed by atoms with Gasteiger partial charge in [-0.3, -0.25) is 9.59 Å². The van der Waals surface area contributed by atoms with Crippen molar-refractivity contribution in [1.29, 1.82) is 0 Å². The van der Waals surface area contributed by atoms with Crippen molar-refractivity contribution in [3.63, 3.8) is 0 Å². The summed E-state index contributed by atoms with van der Waals surface area (Å²) in [6.45, 7) is 1.82. The summed E-state index contributed by atoms with van der Waals surface area (Å²) in [4.78, 5) is 24.1. The second kappa shape index (κ2) is 8.76. The van der Waals surface area contributed by atoms with Gasteiger partial charge in [-0.1, -0.05) is 66.7 Å². The van der Waals surface area contributed by atoms with Gasteiger partial charge in [0, 0.05) is 23.9 Å². The molecule has 0 saturated carbocycles. The van der Waals surface area contributed by atoms with Crippen LogP contribution in [-0.2, 0) is 9.59 Å². The molecule has 2 N–H and O–H groups in total. The highest BCUT2D eigenvalue weighted by Gasteiger charge is 2.09. The van der Waals surface area contributed by atoms with E-state index in [1.54, 1.807) is 0 Å². The number of fused-ring (bicyclic) bond motifs is 1. The first-order chi connectivity index (χ1) is 13.1. The Labute approximate surface area is 158 Å². The highest BCUT2D eigenvalue weighted by molar-refractivity contribution is 6.03. The standard InChI is InChI=1S/C22H21N3O2/c1-16(17-8-3-2-4-9-17)24-25-22(27)15-14-21(26)23-20-13-7-11-18-10-5-6-12-19(18)20/h2-13H,14-15H2,1H3,(H,23,26)(H,25,27)/b24-16+. The number of hydrogen-bond acceptors (Lipinski definition) is 3. The number of benzene rings is 3. The minimum atomic E-state index is -0.293. The van der Waals surface area contributed by atoms with Gasteiger partial charge in [0.05, 0.1) is 5.71 Å². The number of carbonyl (C=O) groups is 2. The zero-order valence-electron chi connectivity index (χ0n) is 15.1. The van der Waals surface area contributed by atoms with Crippen molar-refractivity contribution >= 4 is 34.0 Å². The molecule has 2 amide bonds. The average Bonchev–Trinajstić information content (AvgIpc) is 2.71. The summed E-state index contributed by atoms with van der Waals surface area (Å²) in [5.41, 5.74) is 4.89. The van der Waals surface area contributed by atoms with E-state index in [0.717, 1.165) is 22.0 Å². The first-order valence-corrected chi connectivity index (χ1v) is 8.79. The molecule has 0 aromatic heterocycles. The van der Waals surface area contributed by atoms with Crippen LogP contribution in [0.3, 0.4) is 0 Å². The lowest BCUT2D eigenvalue weighted by Gasteiger charge is -2.08. The largest absolute Gasteiger partial charge is 0.326 e. The van der Waals surface area contributed by atoms with E-state index < -0.39 is 0 Å².